The van der Waals surface area contributed by atoms with Crippen LogP contribution in [0.5, 0.6) is 5.75 Å². The minimum Gasteiger partial charge on any atom is -0.493 e. The van der Waals surface area contributed by atoms with Gasteiger partial charge in [0.15, 0.2) is 0 Å². The van der Waals surface area contributed by atoms with Gasteiger partial charge in [-0.1, -0.05) is 25.3 Å². The molecular formula is C15H17FO3. The van der Waals surface area contributed by atoms with Crippen molar-refractivity contribution in [3.63, 3.8) is 0 Å². The Morgan fingerprint density at radius 1 is 1.26 bits per heavy atom. The lowest BCUT2D eigenvalue weighted by molar-refractivity contribution is -0.145. The third kappa shape index (κ3) is 1.81. The number of carboxylic acid groups (broad SMARTS) is 1. The van der Waals surface area contributed by atoms with Crippen molar-refractivity contribution < 1.29 is 19.0 Å². The second-order valence-corrected chi connectivity index (χ2v) is 5.45. The van der Waals surface area contributed by atoms with Gasteiger partial charge in [0, 0.05) is 17.5 Å². The molecule has 19 heavy (non-hydrogen) atoms. The largest absolute Gasteiger partial charge is 0.493 e. The Morgan fingerprint density at radius 3 is 2.68 bits per heavy atom. The topological polar surface area (TPSA) is 46.5 Å². The lowest BCUT2D eigenvalue weighted by atomic mass is 9.69. The van der Waals surface area contributed by atoms with Crippen LogP contribution in [0.1, 0.15) is 43.2 Å². The molecule has 1 aromatic carbocycles. The Kier molecular flexibility index (Phi) is 2.96. The van der Waals surface area contributed by atoms with Gasteiger partial charge in [0.1, 0.15) is 11.6 Å². The first kappa shape index (κ1) is 12.5. The number of halogens is 1. The first-order valence-electron chi connectivity index (χ1n) is 6.83. The number of aliphatic carboxylic acids is 1. The smallest absolute Gasteiger partial charge is 0.314 e. The summed E-state index contributed by atoms with van der Waals surface area (Å²) < 4.78 is 19.9. The van der Waals surface area contributed by atoms with Crippen LogP contribution in [0.2, 0.25) is 0 Å². The van der Waals surface area contributed by atoms with Crippen LogP contribution in [0.25, 0.3) is 0 Å². The van der Waals surface area contributed by atoms with Gasteiger partial charge in [-0.15, -0.1) is 0 Å². The maximum Gasteiger partial charge on any atom is 0.314 e. The number of hydrogen-bond donors (Lipinski definition) is 1. The summed E-state index contributed by atoms with van der Waals surface area (Å²) in [5.74, 6) is -0.693. The highest BCUT2D eigenvalue weighted by molar-refractivity contribution is 5.82. The fourth-order valence-electron chi connectivity index (χ4n) is 3.36. The fraction of sp³-hybridized carbons (Fsp3) is 0.533. The monoisotopic (exact) mass is 264 g/mol. The summed E-state index contributed by atoms with van der Waals surface area (Å²) in [4.78, 5) is 11.7. The zero-order chi connectivity index (χ0) is 13.5. The Bertz CT molecular complexity index is 518. The van der Waals surface area contributed by atoms with Gasteiger partial charge in [0.25, 0.3) is 0 Å². The molecule has 3 nitrogen and oxygen atoms in total. The van der Waals surface area contributed by atoms with Crippen molar-refractivity contribution in [3.8, 4) is 5.75 Å². The molecule has 0 radical (unpaired) electrons. The van der Waals surface area contributed by atoms with Gasteiger partial charge in [0.05, 0.1) is 12.0 Å². The van der Waals surface area contributed by atoms with Crippen LogP contribution in [0, 0.1) is 5.82 Å². The standard InChI is InChI=1S/C15H17FO3/c16-13-10-6-9-19-12(10)5-4-11(13)15(14(17)18)7-2-1-3-8-15/h4-5H,1-3,6-9H2,(H,17,18). The third-order valence-electron chi connectivity index (χ3n) is 4.44. The molecule has 0 aromatic heterocycles. The van der Waals surface area contributed by atoms with Crippen LogP contribution in [0.4, 0.5) is 4.39 Å². The quantitative estimate of drug-likeness (QED) is 0.893. The first-order valence-corrected chi connectivity index (χ1v) is 6.83. The number of ether oxygens (including phenoxy) is 1. The highest BCUT2D eigenvalue weighted by Gasteiger charge is 2.44. The SMILES string of the molecule is O=C(O)C1(c2ccc3c(c2F)CCO3)CCCCC1. The maximum atomic E-state index is 14.6. The van der Waals surface area contributed by atoms with Gasteiger partial charge in [-0.25, -0.2) is 4.39 Å². The molecule has 1 aromatic rings. The molecule has 0 amide bonds. The molecule has 1 aliphatic heterocycles. The summed E-state index contributed by atoms with van der Waals surface area (Å²) in [6.07, 6.45) is 4.31. The molecule has 3 rings (SSSR count). The van der Waals surface area contributed by atoms with Crippen LogP contribution in [-0.4, -0.2) is 17.7 Å². The van der Waals surface area contributed by atoms with E-state index in [9.17, 15) is 14.3 Å². The zero-order valence-electron chi connectivity index (χ0n) is 10.7. The lowest BCUT2D eigenvalue weighted by Crippen LogP contribution is -2.38. The second kappa shape index (κ2) is 4.51. The van der Waals surface area contributed by atoms with Gasteiger partial charge in [0.2, 0.25) is 0 Å². The summed E-state index contributed by atoms with van der Waals surface area (Å²) in [6, 6.07) is 3.33. The van der Waals surface area contributed by atoms with Crippen LogP contribution in [-0.2, 0) is 16.6 Å². The molecule has 0 atom stereocenters. The Morgan fingerprint density at radius 2 is 2.00 bits per heavy atom. The Balaban J connectivity index is 2.11. The average molecular weight is 264 g/mol. The summed E-state index contributed by atoms with van der Waals surface area (Å²) in [5.41, 5.74) is -0.146. The van der Waals surface area contributed by atoms with Crippen molar-refractivity contribution in [1.82, 2.24) is 0 Å². The molecule has 1 fully saturated rings. The highest BCUT2D eigenvalue weighted by atomic mass is 19.1. The summed E-state index contributed by atoms with van der Waals surface area (Å²) in [7, 11) is 0. The number of hydrogen-bond acceptors (Lipinski definition) is 2. The van der Waals surface area contributed by atoms with Crippen molar-refractivity contribution in [2.24, 2.45) is 0 Å². The molecule has 1 N–H and O–H groups in total. The van der Waals surface area contributed by atoms with E-state index in [0.717, 1.165) is 19.3 Å². The average Bonchev–Trinajstić information content (AvgIpc) is 2.89. The van der Waals surface area contributed by atoms with Gasteiger partial charge in [-0.2, -0.15) is 0 Å². The predicted octanol–water partition coefficient (Wildman–Crippen LogP) is 3.05. The first-order chi connectivity index (χ1) is 9.15. The lowest BCUT2D eigenvalue weighted by Gasteiger charge is -2.34. The zero-order valence-corrected chi connectivity index (χ0v) is 10.7. The molecule has 2 aliphatic rings. The number of carbonyl (C=O) groups is 1. The Labute approximate surface area is 111 Å². The van der Waals surface area contributed by atoms with Crippen molar-refractivity contribution >= 4 is 5.97 Å². The molecule has 102 valence electrons. The van der Waals surface area contributed by atoms with Crippen LogP contribution >= 0.6 is 0 Å². The fourth-order valence-corrected chi connectivity index (χ4v) is 3.36. The van der Waals surface area contributed by atoms with Gasteiger partial charge in [-0.05, 0) is 18.9 Å². The van der Waals surface area contributed by atoms with E-state index < -0.39 is 11.4 Å². The normalized spacial score (nSPS) is 20.7. The van der Waals surface area contributed by atoms with Gasteiger partial charge in [-0.3, -0.25) is 4.79 Å². The summed E-state index contributed by atoms with van der Waals surface area (Å²) >= 11 is 0. The van der Waals surface area contributed by atoms with E-state index in [0.29, 0.717) is 42.7 Å². The minimum absolute atomic E-state index is 0.351. The number of rotatable bonds is 2. The van der Waals surface area contributed by atoms with E-state index >= 15 is 0 Å². The van der Waals surface area contributed by atoms with E-state index in [1.807, 2.05) is 0 Å². The third-order valence-corrected chi connectivity index (χ3v) is 4.44. The Hall–Kier alpha value is -1.58. The molecule has 0 unspecified atom stereocenters. The van der Waals surface area contributed by atoms with Crippen molar-refractivity contribution in [1.29, 1.82) is 0 Å². The van der Waals surface area contributed by atoms with Crippen molar-refractivity contribution in [3.05, 3.63) is 29.1 Å². The molecule has 1 saturated carbocycles. The number of carboxylic acids is 1. The van der Waals surface area contributed by atoms with Gasteiger partial charge >= 0.3 is 5.97 Å². The highest BCUT2D eigenvalue weighted by Crippen LogP contribution is 2.43. The van der Waals surface area contributed by atoms with E-state index in [1.54, 1.807) is 12.1 Å². The maximum absolute atomic E-state index is 14.6. The van der Waals surface area contributed by atoms with Crippen molar-refractivity contribution in [2.75, 3.05) is 6.61 Å². The molecule has 0 spiro atoms. The molecule has 4 heteroatoms. The molecule has 1 aliphatic carbocycles. The van der Waals surface area contributed by atoms with E-state index in [-0.39, 0.29) is 5.82 Å². The summed E-state index contributed by atoms with van der Waals surface area (Å²) in [5, 5.41) is 9.62. The van der Waals surface area contributed by atoms with Crippen molar-refractivity contribution in [2.45, 2.75) is 43.9 Å². The van der Waals surface area contributed by atoms with Crippen LogP contribution < -0.4 is 4.74 Å². The van der Waals surface area contributed by atoms with Crippen LogP contribution in [0.15, 0.2) is 12.1 Å². The van der Waals surface area contributed by atoms with Crippen LogP contribution in [0.3, 0.4) is 0 Å². The predicted molar refractivity (Wildman–Crippen MR) is 68.0 cm³/mol. The minimum atomic E-state index is -1.04. The van der Waals surface area contributed by atoms with Gasteiger partial charge < -0.3 is 9.84 Å². The molecule has 1 heterocycles. The van der Waals surface area contributed by atoms with E-state index in [1.165, 1.54) is 0 Å². The number of benzene rings is 1. The summed E-state index contributed by atoms with van der Waals surface area (Å²) in [6.45, 7) is 0.482. The second-order valence-electron chi connectivity index (χ2n) is 5.45. The number of fused-ring (bicyclic) bond motifs is 1. The van der Waals surface area contributed by atoms with E-state index in [4.69, 9.17) is 4.74 Å². The van der Waals surface area contributed by atoms with E-state index in [2.05, 4.69) is 0 Å². The molecule has 0 bridgehead atoms. The molecule has 0 saturated heterocycles. The molecular weight excluding hydrogens is 247 g/mol.